The summed E-state index contributed by atoms with van der Waals surface area (Å²) < 4.78 is 23.5. The van der Waals surface area contributed by atoms with E-state index in [1.807, 2.05) is 18.2 Å². The highest BCUT2D eigenvalue weighted by atomic mass is 32.2. The maximum atomic E-state index is 11.7. The molecule has 0 fully saturated rings. The van der Waals surface area contributed by atoms with Crippen molar-refractivity contribution in [2.45, 2.75) is 10.4 Å². The van der Waals surface area contributed by atoms with Gasteiger partial charge < -0.3 is 0 Å². The van der Waals surface area contributed by atoms with E-state index >= 15 is 0 Å². The molecule has 1 aromatic rings. The van der Waals surface area contributed by atoms with E-state index in [-0.39, 0.29) is 0 Å². The number of aliphatic imine (C=N–C) groups is 2. The van der Waals surface area contributed by atoms with Crippen LogP contribution in [0, 0.1) is 0 Å². The van der Waals surface area contributed by atoms with E-state index in [1.165, 1.54) is 6.26 Å². The Balaban J connectivity index is 2.15. The lowest BCUT2D eigenvalue weighted by Gasteiger charge is -2.25. The molecule has 0 N–H and O–H groups in total. The summed E-state index contributed by atoms with van der Waals surface area (Å²) in [6.07, 6.45) is 6.82. The van der Waals surface area contributed by atoms with E-state index < -0.39 is 15.4 Å². The van der Waals surface area contributed by atoms with Crippen molar-refractivity contribution in [1.29, 1.82) is 0 Å². The van der Waals surface area contributed by atoms with Crippen LogP contribution in [0.1, 0.15) is 5.56 Å². The van der Waals surface area contributed by atoms with E-state index in [1.54, 1.807) is 36.2 Å². The summed E-state index contributed by atoms with van der Waals surface area (Å²) in [5, 5.41) is 0.938. The molecule has 6 heteroatoms. The summed E-state index contributed by atoms with van der Waals surface area (Å²) in [7, 11) is -3.23. The molecule has 0 saturated heterocycles. The molecule has 4 nitrogen and oxygen atoms in total. The van der Waals surface area contributed by atoms with Crippen molar-refractivity contribution in [2.75, 3.05) is 18.6 Å². The average Bonchev–Trinajstić information content (AvgIpc) is 3.10. The molecule has 1 aromatic carbocycles. The molecular formula is C14H14N2O2S2. The number of hydrogen-bond acceptors (Lipinski definition) is 5. The Morgan fingerprint density at radius 1 is 1.35 bits per heavy atom. The lowest BCUT2D eigenvalue weighted by atomic mass is 9.92. The van der Waals surface area contributed by atoms with Crippen molar-refractivity contribution in [2.24, 2.45) is 9.98 Å². The Labute approximate surface area is 122 Å². The van der Waals surface area contributed by atoms with Gasteiger partial charge in [-0.2, -0.15) is 0 Å². The van der Waals surface area contributed by atoms with Crippen LogP contribution in [0.25, 0.3) is 0 Å². The quantitative estimate of drug-likeness (QED) is 0.859. The van der Waals surface area contributed by atoms with Crippen molar-refractivity contribution < 1.29 is 8.42 Å². The third-order valence-corrected chi connectivity index (χ3v) is 5.53. The summed E-state index contributed by atoms with van der Waals surface area (Å²) in [5.41, 5.74) is 0.209. The minimum absolute atomic E-state index is 0.313. The van der Waals surface area contributed by atoms with E-state index in [4.69, 9.17) is 0 Å². The molecule has 2 aliphatic heterocycles. The van der Waals surface area contributed by atoms with Crippen LogP contribution in [0.2, 0.25) is 0 Å². The van der Waals surface area contributed by atoms with Crippen LogP contribution in [0.3, 0.4) is 0 Å². The van der Waals surface area contributed by atoms with Gasteiger partial charge in [-0.25, -0.2) is 8.42 Å². The maximum absolute atomic E-state index is 11.7. The Kier molecular flexibility index (Phi) is 3.30. The Hall–Kier alpha value is -1.40. The second-order valence-electron chi connectivity index (χ2n) is 4.74. The molecule has 104 valence electrons. The molecular weight excluding hydrogens is 292 g/mol. The van der Waals surface area contributed by atoms with E-state index in [0.717, 1.165) is 22.9 Å². The van der Waals surface area contributed by atoms with Crippen molar-refractivity contribution in [1.82, 2.24) is 0 Å². The molecule has 20 heavy (non-hydrogen) atoms. The summed E-state index contributed by atoms with van der Waals surface area (Å²) in [4.78, 5) is 9.40. The van der Waals surface area contributed by atoms with Crippen LogP contribution < -0.4 is 0 Å². The molecule has 0 saturated carbocycles. The van der Waals surface area contributed by atoms with Crippen molar-refractivity contribution in [3.8, 4) is 0 Å². The zero-order valence-electron chi connectivity index (χ0n) is 11.0. The van der Waals surface area contributed by atoms with Crippen LogP contribution >= 0.6 is 11.8 Å². The molecule has 0 aliphatic carbocycles. The number of thioether (sulfide) groups is 1. The smallest absolute Gasteiger partial charge is 0.175 e. The topological polar surface area (TPSA) is 58.9 Å². The first-order chi connectivity index (χ1) is 9.52. The fourth-order valence-electron chi connectivity index (χ4n) is 2.34. The summed E-state index contributed by atoms with van der Waals surface area (Å²) in [6, 6.07) is 6.97. The van der Waals surface area contributed by atoms with Gasteiger partial charge in [0.1, 0.15) is 5.04 Å². The lowest BCUT2D eigenvalue weighted by Crippen LogP contribution is -2.27. The Morgan fingerprint density at radius 2 is 2.20 bits per heavy atom. The molecule has 2 aliphatic rings. The molecule has 0 spiro atoms. The average molecular weight is 306 g/mol. The number of hydrogen-bond donors (Lipinski definition) is 0. The molecule has 0 bridgehead atoms. The van der Waals surface area contributed by atoms with Gasteiger partial charge >= 0.3 is 0 Å². The fraction of sp³-hybridized carbons (Fsp3) is 0.286. The minimum Gasteiger partial charge on any atom is -0.279 e. The van der Waals surface area contributed by atoms with Gasteiger partial charge in [-0.3, -0.25) is 9.98 Å². The second-order valence-corrected chi connectivity index (χ2v) is 7.84. The molecule has 1 unspecified atom stereocenters. The monoisotopic (exact) mass is 306 g/mol. The third kappa shape index (κ3) is 2.23. The number of benzene rings is 1. The zero-order chi connectivity index (χ0) is 14.2. The first kappa shape index (κ1) is 13.6. The van der Waals surface area contributed by atoms with Crippen LogP contribution in [0.4, 0.5) is 0 Å². The van der Waals surface area contributed by atoms with Crippen molar-refractivity contribution in [3.63, 3.8) is 0 Å². The van der Waals surface area contributed by atoms with E-state index in [9.17, 15) is 8.42 Å². The maximum Gasteiger partial charge on any atom is 0.175 e. The van der Waals surface area contributed by atoms with Crippen molar-refractivity contribution in [3.05, 3.63) is 42.0 Å². The normalized spacial score (nSPS) is 25.1. The Morgan fingerprint density at radius 3 is 2.80 bits per heavy atom. The van der Waals surface area contributed by atoms with Crippen LogP contribution in [-0.2, 0) is 15.4 Å². The standard InChI is InChI=1S/C14H14N2O2S2/c1-20(17,18)12-5-2-4-11(10-12)14(6-3-7-16-14)13-15-8-9-19-13/h2-7,10H,8-9H2,1H3. The van der Waals surface area contributed by atoms with Gasteiger partial charge in [0, 0.05) is 24.8 Å². The summed E-state index contributed by atoms with van der Waals surface area (Å²) in [6.45, 7) is 0.789. The van der Waals surface area contributed by atoms with Gasteiger partial charge in [-0.15, -0.1) is 11.8 Å². The lowest BCUT2D eigenvalue weighted by molar-refractivity contribution is 0.601. The van der Waals surface area contributed by atoms with E-state index in [0.29, 0.717) is 4.90 Å². The molecule has 3 rings (SSSR count). The highest BCUT2D eigenvalue weighted by Gasteiger charge is 2.38. The molecule has 2 heterocycles. The predicted octanol–water partition coefficient (Wildman–Crippen LogP) is 2.07. The van der Waals surface area contributed by atoms with Gasteiger partial charge in [0.05, 0.1) is 4.90 Å². The van der Waals surface area contributed by atoms with Gasteiger partial charge in [-0.05, 0) is 29.8 Å². The second kappa shape index (κ2) is 4.86. The third-order valence-electron chi connectivity index (χ3n) is 3.32. The first-order valence-corrected chi connectivity index (χ1v) is 9.11. The largest absolute Gasteiger partial charge is 0.279 e. The molecule has 0 amide bonds. The SMILES string of the molecule is CS(=O)(=O)c1cccc(C2(C3=NCCS3)C=CC=N2)c1. The number of nitrogens with zero attached hydrogens (tertiary/aromatic N) is 2. The minimum atomic E-state index is -3.23. The van der Waals surface area contributed by atoms with Gasteiger partial charge in [0.25, 0.3) is 0 Å². The Bertz CT molecular complexity index is 721. The molecule has 1 atom stereocenters. The highest BCUT2D eigenvalue weighted by molar-refractivity contribution is 8.14. The molecule has 0 aromatic heterocycles. The van der Waals surface area contributed by atoms with Gasteiger partial charge in [0.2, 0.25) is 0 Å². The van der Waals surface area contributed by atoms with Crippen LogP contribution in [0.15, 0.2) is 51.3 Å². The van der Waals surface area contributed by atoms with Crippen molar-refractivity contribution >= 4 is 32.9 Å². The highest BCUT2D eigenvalue weighted by Crippen LogP contribution is 2.38. The predicted molar refractivity (Wildman–Crippen MR) is 83.6 cm³/mol. The summed E-state index contributed by atoms with van der Waals surface area (Å²) >= 11 is 1.68. The fourth-order valence-corrected chi connectivity index (χ4v) is 4.02. The first-order valence-electron chi connectivity index (χ1n) is 6.24. The van der Waals surface area contributed by atoms with Gasteiger partial charge in [-0.1, -0.05) is 12.1 Å². The van der Waals surface area contributed by atoms with Gasteiger partial charge in [0.15, 0.2) is 15.4 Å². The number of sulfone groups is 1. The number of allylic oxidation sites excluding steroid dienone is 1. The van der Waals surface area contributed by atoms with Crippen LogP contribution in [-0.4, -0.2) is 38.2 Å². The zero-order valence-corrected chi connectivity index (χ0v) is 12.6. The summed E-state index contributed by atoms with van der Waals surface area (Å²) in [5.74, 6) is 0.951. The number of rotatable bonds is 3. The van der Waals surface area contributed by atoms with E-state index in [2.05, 4.69) is 9.98 Å². The van der Waals surface area contributed by atoms with Crippen LogP contribution in [0.5, 0.6) is 0 Å². The molecule has 0 radical (unpaired) electrons.